The Hall–Kier alpha value is -1.13. The largest absolute Gasteiger partial charge is 0.326 e. The van der Waals surface area contributed by atoms with Crippen LogP contribution in [-0.2, 0) is 13.0 Å². The zero-order chi connectivity index (χ0) is 15.0. The Kier molecular flexibility index (Phi) is 4.18. The standard InChI is InChI=1S/C16H12Cl2FNS/c17-12-6-11-10(5-9-3-1-2-4-14(9)19)16(8-20)21-15(11)7-13(12)18/h1-4,6-7H,5,8,20H2. The molecule has 0 amide bonds. The molecule has 3 rings (SSSR count). The van der Waals surface area contributed by atoms with Crippen LogP contribution in [0.25, 0.3) is 10.1 Å². The van der Waals surface area contributed by atoms with E-state index in [1.54, 1.807) is 23.5 Å². The predicted octanol–water partition coefficient (Wildman–Crippen LogP) is 5.40. The van der Waals surface area contributed by atoms with Gasteiger partial charge in [0.05, 0.1) is 10.0 Å². The fraction of sp³-hybridized carbons (Fsp3) is 0.125. The number of hydrogen-bond acceptors (Lipinski definition) is 2. The van der Waals surface area contributed by atoms with Crippen LogP contribution in [0, 0.1) is 5.82 Å². The normalized spacial score (nSPS) is 11.2. The van der Waals surface area contributed by atoms with Crippen LogP contribution in [0.15, 0.2) is 36.4 Å². The summed E-state index contributed by atoms with van der Waals surface area (Å²) in [5.41, 5.74) is 7.51. The minimum absolute atomic E-state index is 0.208. The van der Waals surface area contributed by atoms with Gasteiger partial charge in [-0.05, 0) is 34.7 Å². The highest BCUT2D eigenvalue weighted by Gasteiger charge is 2.15. The van der Waals surface area contributed by atoms with Gasteiger partial charge in [0.1, 0.15) is 5.82 Å². The van der Waals surface area contributed by atoms with Gasteiger partial charge in [-0.2, -0.15) is 0 Å². The van der Waals surface area contributed by atoms with Crippen LogP contribution in [0.4, 0.5) is 4.39 Å². The van der Waals surface area contributed by atoms with Gasteiger partial charge >= 0.3 is 0 Å². The molecular formula is C16H12Cl2FNS. The molecule has 108 valence electrons. The van der Waals surface area contributed by atoms with Gasteiger partial charge in [-0.1, -0.05) is 41.4 Å². The Labute approximate surface area is 136 Å². The summed E-state index contributed by atoms with van der Waals surface area (Å²) in [4.78, 5) is 1.03. The lowest BCUT2D eigenvalue weighted by Gasteiger charge is -2.05. The second-order valence-electron chi connectivity index (χ2n) is 4.74. The molecule has 0 unspecified atom stereocenters. The Balaban J connectivity index is 2.16. The highest BCUT2D eigenvalue weighted by atomic mass is 35.5. The van der Waals surface area contributed by atoms with Crippen molar-refractivity contribution in [3.8, 4) is 0 Å². The molecule has 21 heavy (non-hydrogen) atoms. The van der Waals surface area contributed by atoms with E-state index in [0.717, 1.165) is 20.5 Å². The molecule has 5 heteroatoms. The SMILES string of the molecule is NCc1sc2cc(Cl)c(Cl)cc2c1Cc1ccccc1F. The van der Waals surface area contributed by atoms with Crippen molar-refractivity contribution in [2.45, 2.75) is 13.0 Å². The van der Waals surface area contributed by atoms with E-state index in [-0.39, 0.29) is 5.82 Å². The highest BCUT2D eigenvalue weighted by Crippen LogP contribution is 2.37. The molecule has 1 heterocycles. The Morgan fingerprint density at radius 2 is 1.81 bits per heavy atom. The number of rotatable bonds is 3. The average molecular weight is 340 g/mol. The molecule has 2 aromatic carbocycles. The van der Waals surface area contributed by atoms with Crippen molar-refractivity contribution >= 4 is 44.6 Å². The number of halogens is 3. The third kappa shape index (κ3) is 2.79. The van der Waals surface area contributed by atoms with E-state index in [2.05, 4.69) is 0 Å². The molecule has 2 N–H and O–H groups in total. The third-order valence-electron chi connectivity index (χ3n) is 3.43. The lowest BCUT2D eigenvalue weighted by molar-refractivity contribution is 0.614. The fourth-order valence-electron chi connectivity index (χ4n) is 2.38. The minimum Gasteiger partial charge on any atom is -0.326 e. The average Bonchev–Trinajstić information content (AvgIpc) is 2.79. The van der Waals surface area contributed by atoms with Crippen LogP contribution in [0.1, 0.15) is 16.0 Å². The van der Waals surface area contributed by atoms with Crippen molar-refractivity contribution in [3.05, 3.63) is 68.3 Å². The first-order valence-corrected chi connectivity index (χ1v) is 8.00. The second kappa shape index (κ2) is 5.93. The maximum Gasteiger partial charge on any atom is 0.126 e. The lowest BCUT2D eigenvalue weighted by atomic mass is 10.0. The summed E-state index contributed by atoms with van der Waals surface area (Å²) < 4.78 is 14.9. The number of thiophene rings is 1. The maximum absolute atomic E-state index is 13.9. The Morgan fingerprint density at radius 3 is 2.52 bits per heavy atom. The molecule has 0 radical (unpaired) electrons. The maximum atomic E-state index is 13.9. The molecular weight excluding hydrogens is 328 g/mol. The van der Waals surface area contributed by atoms with Crippen molar-refractivity contribution in [3.63, 3.8) is 0 Å². The molecule has 0 saturated carbocycles. The summed E-state index contributed by atoms with van der Waals surface area (Å²) in [5, 5.41) is 2.02. The molecule has 1 nitrogen and oxygen atoms in total. The summed E-state index contributed by atoms with van der Waals surface area (Å²) >= 11 is 13.8. The Bertz CT molecular complexity index is 813. The van der Waals surface area contributed by atoms with Gasteiger partial charge in [0, 0.05) is 22.5 Å². The number of hydrogen-bond donors (Lipinski definition) is 1. The Morgan fingerprint density at radius 1 is 1.10 bits per heavy atom. The zero-order valence-electron chi connectivity index (χ0n) is 11.0. The summed E-state index contributed by atoms with van der Waals surface area (Å²) in [6.45, 7) is 0.415. The van der Waals surface area contributed by atoms with Gasteiger partial charge < -0.3 is 5.73 Å². The first kappa shape index (κ1) is 14.8. The van der Waals surface area contributed by atoms with E-state index < -0.39 is 0 Å². The van der Waals surface area contributed by atoms with E-state index in [1.165, 1.54) is 6.07 Å². The second-order valence-corrected chi connectivity index (χ2v) is 6.69. The monoisotopic (exact) mass is 339 g/mol. The quantitative estimate of drug-likeness (QED) is 0.679. The van der Waals surface area contributed by atoms with E-state index in [9.17, 15) is 4.39 Å². The smallest absolute Gasteiger partial charge is 0.126 e. The topological polar surface area (TPSA) is 26.0 Å². The van der Waals surface area contributed by atoms with Crippen LogP contribution in [0.5, 0.6) is 0 Å². The summed E-state index contributed by atoms with van der Waals surface area (Å²) in [6.07, 6.45) is 0.497. The van der Waals surface area contributed by atoms with Crippen molar-refractivity contribution in [1.82, 2.24) is 0 Å². The molecule has 0 atom stereocenters. The van der Waals surface area contributed by atoms with Crippen LogP contribution in [0.2, 0.25) is 10.0 Å². The van der Waals surface area contributed by atoms with E-state index >= 15 is 0 Å². The molecule has 0 aliphatic carbocycles. The minimum atomic E-state index is -0.208. The van der Waals surface area contributed by atoms with Gasteiger partial charge in [0.15, 0.2) is 0 Å². The molecule has 0 saturated heterocycles. The summed E-state index contributed by atoms with van der Waals surface area (Å²) in [7, 11) is 0. The molecule has 3 aromatic rings. The molecule has 0 aliphatic rings. The van der Waals surface area contributed by atoms with Crippen LogP contribution in [0.3, 0.4) is 0 Å². The van der Waals surface area contributed by atoms with Crippen molar-refractivity contribution in [1.29, 1.82) is 0 Å². The van der Waals surface area contributed by atoms with Crippen molar-refractivity contribution < 1.29 is 4.39 Å². The van der Waals surface area contributed by atoms with Gasteiger partial charge in [-0.3, -0.25) is 0 Å². The zero-order valence-corrected chi connectivity index (χ0v) is 13.3. The third-order valence-corrected chi connectivity index (χ3v) is 5.37. The molecule has 1 aromatic heterocycles. The molecule has 0 bridgehead atoms. The number of fused-ring (bicyclic) bond motifs is 1. The van der Waals surface area contributed by atoms with Crippen LogP contribution < -0.4 is 5.73 Å². The van der Waals surface area contributed by atoms with E-state index in [1.807, 2.05) is 18.2 Å². The lowest BCUT2D eigenvalue weighted by Crippen LogP contribution is -1.99. The van der Waals surface area contributed by atoms with E-state index in [0.29, 0.717) is 28.6 Å². The van der Waals surface area contributed by atoms with Crippen LogP contribution in [-0.4, -0.2) is 0 Å². The molecule has 0 aliphatic heterocycles. The first-order valence-electron chi connectivity index (χ1n) is 6.43. The van der Waals surface area contributed by atoms with Crippen molar-refractivity contribution in [2.75, 3.05) is 0 Å². The highest BCUT2D eigenvalue weighted by molar-refractivity contribution is 7.19. The summed E-state index contributed by atoms with van der Waals surface area (Å²) in [6, 6.07) is 10.5. The van der Waals surface area contributed by atoms with Crippen molar-refractivity contribution in [2.24, 2.45) is 5.73 Å². The summed E-state index contributed by atoms with van der Waals surface area (Å²) in [5.74, 6) is -0.208. The first-order chi connectivity index (χ1) is 10.1. The predicted molar refractivity (Wildman–Crippen MR) is 88.9 cm³/mol. The van der Waals surface area contributed by atoms with Gasteiger partial charge in [0.25, 0.3) is 0 Å². The van der Waals surface area contributed by atoms with Gasteiger partial charge in [-0.15, -0.1) is 11.3 Å². The van der Waals surface area contributed by atoms with E-state index in [4.69, 9.17) is 28.9 Å². The molecule has 0 spiro atoms. The number of benzene rings is 2. The van der Waals surface area contributed by atoms with Gasteiger partial charge in [0.2, 0.25) is 0 Å². The van der Waals surface area contributed by atoms with Gasteiger partial charge in [-0.25, -0.2) is 4.39 Å². The van der Waals surface area contributed by atoms with Crippen LogP contribution >= 0.6 is 34.5 Å². The number of nitrogens with two attached hydrogens (primary N) is 1. The fourth-order valence-corrected chi connectivity index (χ4v) is 3.90. The molecule has 0 fully saturated rings.